The van der Waals surface area contributed by atoms with Gasteiger partial charge in [-0.25, -0.2) is 4.39 Å². The van der Waals surface area contributed by atoms with E-state index in [0.717, 1.165) is 6.08 Å². The van der Waals surface area contributed by atoms with Gasteiger partial charge in [-0.15, -0.1) is 0 Å². The fraction of sp³-hybridized carbons (Fsp3) is 0.308. The number of rotatable bonds is 6. The third-order valence-corrected chi connectivity index (χ3v) is 3.16. The topological polar surface area (TPSA) is 89.8 Å². The molecule has 0 unspecified atom stereocenters. The zero-order chi connectivity index (χ0) is 15.2. The van der Waals surface area contributed by atoms with Gasteiger partial charge in [-0.2, -0.15) is 0 Å². The Morgan fingerprint density at radius 2 is 1.90 bits per heavy atom. The molecule has 0 bridgehead atoms. The lowest BCUT2D eigenvalue weighted by atomic mass is 10.0. The highest BCUT2D eigenvalue weighted by atomic mass is 79.9. The number of benzene rings is 1. The summed E-state index contributed by atoms with van der Waals surface area (Å²) in [5, 5.41) is 29.5. The molecule has 0 radical (unpaired) electrons. The molecule has 0 fully saturated rings. The summed E-state index contributed by atoms with van der Waals surface area (Å²) < 4.78 is 14.1. The van der Waals surface area contributed by atoms with Crippen molar-refractivity contribution >= 4 is 27.9 Å². The van der Waals surface area contributed by atoms with Gasteiger partial charge in [0.1, 0.15) is 11.4 Å². The second-order valence-corrected chi connectivity index (χ2v) is 5.16. The third-order valence-electron chi connectivity index (χ3n) is 2.67. The van der Waals surface area contributed by atoms with Gasteiger partial charge in [0.15, 0.2) is 0 Å². The van der Waals surface area contributed by atoms with Crippen LogP contribution in [0.4, 0.5) is 4.39 Å². The average Bonchev–Trinajstić information content (AvgIpc) is 2.46. The van der Waals surface area contributed by atoms with Crippen molar-refractivity contribution in [2.45, 2.75) is 5.54 Å². The van der Waals surface area contributed by atoms with Crippen LogP contribution in [0.1, 0.15) is 5.56 Å². The number of hydrogen-bond donors (Lipinski definition) is 4. The van der Waals surface area contributed by atoms with E-state index in [9.17, 15) is 9.18 Å². The molecule has 0 heterocycles. The lowest BCUT2D eigenvalue weighted by Gasteiger charge is -2.27. The molecule has 0 aromatic heterocycles. The Hall–Kier alpha value is -1.28. The van der Waals surface area contributed by atoms with Crippen molar-refractivity contribution in [2.75, 3.05) is 19.8 Å². The van der Waals surface area contributed by atoms with Gasteiger partial charge in [-0.05, 0) is 24.3 Å². The van der Waals surface area contributed by atoms with E-state index in [1.165, 1.54) is 24.3 Å². The number of aliphatic hydroxyl groups is 3. The number of aliphatic hydroxyl groups excluding tert-OH is 3. The maximum Gasteiger partial charge on any atom is 0.244 e. The highest BCUT2D eigenvalue weighted by Gasteiger charge is 2.29. The SMILES string of the molecule is O=C(/C=C/c1cc(Br)ccc1F)NC(CO)(CO)CO. The van der Waals surface area contributed by atoms with Crippen LogP contribution < -0.4 is 5.32 Å². The van der Waals surface area contributed by atoms with Gasteiger partial charge in [0.2, 0.25) is 5.91 Å². The van der Waals surface area contributed by atoms with Crippen LogP contribution in [-0.2, 0) is 4.79 Å². The minimum absolute atomic E-state index is 0.206. The van der Waals surface area contributed by atoms with Crippen LogP contribution >= 0.6 is 15.9 Å². The molecular weight excluding hydrogens is 333 g/mol. The summed E-state index contributed by atoms with van der Waals surface area (Å²) in [6, 6.07) is 4.28. The average molecular weight is 348 g/mol. The highest BCUT2D eigenvalue weighted by molar-refractivity contribution is 9.10. The number of carbonyl (C=O) groups excluding carboxylic acids is 1. The molecule has 1 rings (SSSR count). The summed E-state index contributed by atoms with van der Waals surface area (Å²) in [5.41, 5.74) is -1.30. The molecular formula is C13H15BrFNO4. The Bertz CT molecular complexity index is 495. The smallest absolute Gasteiger partial charge is 0.244 e. The second kappa shape index (κ2) is 7.49. The van der Waals surface area contributed by atoms with Crippen LogP contribution in [0, 0.1) is 5.82 Å². The number of amides is 1. The van der Waals surface area contributed by atoms with Crippen molar-refractivity contribution in [1.82, 2.24) is 5.32 Å². The first-order valence-electron chi connectivity index (χ1n) is 5.74. The predicted molar refractivity (Wildman–Crippen MR) is 75.3 cm³/mol. The van der Waals surface area contributed by atoms with Gasteiger partial charge in [0, 0.05) is 16.1 Å². The van der Waals surface area contributed by atoms with Gasteiger partial charge in [-0.3, -0.25) is 4.79 Å². The molecule has 1 amide bonds. The minimum atomic E-state index is -1.50. The van der Waals surface area contributed by atoms with Crippen molar-refractivity contribution in [3.05, 3.63) is 40.1 Å². The fourth-order valence-electron chi connectivity index (χ4n) is 1.38. The fourth-order valence-corrected chi connectivity index (χ4v) is 1.76. The molecule has 1 aromatic rings. The summed E-state index contributed by atoms with van der Waals surface area (Å²) in [5.74, 6) is -1.16. The number of hydrogen-bond acceptors (Lipinski definition) is 4. The van der Waals surface area contributed by atoms with Crippen molar-refractivity contribution in [2.24, 2.45) is 0 Å². The van der Waals surface area contributed by atoms with E-state index >= 15 is 0 Å². The monoisotopic (exact) mass is 347 g/mol. The Morgan fingerprint density at radius 3 is 2.45 bits per heavy atom. The molecule has 5 nitrogen and oxygen atoms in total. The van der Waals surface area contributed by atoms with Gasteiger partial charge in [0.05, 0.1) is 19.8 Å². The first-order valence-corrected chi connectivity index (χ1v) is 6.53. The van der Waals surface area contributed by atoms with Crippen molar-refractivity contribution in [1.29, 1.82) is 0 Å². The normalized spacial score (nSPS) is 11.8. The first kappa shape index (κ1) is 16.8. The van der Waals surface area contributed by atoms with Crippen LogP contribution in [0.3, 0.4) is 0 Å². The number of halogens is 2. The molecule has 4 N–H and O–H groups in total. The second-order valence-electron chi connectivity index (χ2n) is 4.24. The standard InChI is InChI=1S/C13H15BrFNO4/c14-10-2-3-11(15)9(5-10)1-4-12(20)16-13(6-17,7-18)8-19/h1-5,17-19H,6-8H2,(H,16,20)/b4-1+. The van der Waals surface area contributed by atoms with Gasteiger partial charge in [-0.1, -0.05) is 15.9 Å². The van der Waals surface area contributed by atoms with E-state index in [1.807, 2.05) is 0 Å². The Morgan fingerprint density at radius 1 is 1.30 bits per heavy atom. The molecule has 7 heteroatoms. The summed E-state index contributed by atoms with van der Waals surface area (Å²) >= 11 is 3.19. The molecule has 0 spiro atoms. The lowest BCUT2D eigenvalue weighted by Crippen LogP contribution is -2.56. The summed E-state index contributed by atoms with van der Waals surface area (Å²) in [6.45, 7) is -1.86. The van der Waals surface area contributed by atoms with Crippen molar-refractivity contribution in [3.8, 4) is 0 Å². The minimum Gasteiger partial charge on any atom is -0.394 e. The Labute approximate surface area is 123 Å². The van der Waals surface area contributed by atoms with Gasteiger partial charge in [0.25, 0.3) is 0 Å². The van der Waals surface area contributed by atoms with Gasteiger partial charge >= 0.3 is 0 Å². The van der Waals surface area contributed by atoms with Crippen LogP contribution in [0.15, 0.2) is 28.7 Å². The summed E-state index contributed by atoms with van der Waals surface area (Å²) in [6.07, 6.45) is 2.31. The molecule has 0 atom stereocenters. The maximum atomic E-state index is 13.4. The van der Waals surface area contributed by atoms with Crippen molar-refractivity contribution in [3.63, 3.8) is 0 Å². The molecule has 0 aliphatic heterocycles. The zero-order valence-corrected chi connectivity index (χ0v) is 12.1. The number of carbonyl (C=O) groups is 1. The summed E-state index contributed by atoms with van der Waals surface area (Å²) in [4.78, 5) is 11.6. The third kappa shape index (κ3) is 4.38. The molecule has 0 saturated carbocycles. The molecule has 110 valence electrons. The van der Waals surface area contributed by atoms with E-state index < -0.39 is 37.1 Å². The predicted octanol–water partition coefficient (Wildman–Crippen LogP) is 0.433. The molecule has 1 aromatic carbocycles. The quantitative estimate of drug-likeness (QED) is 0.562. The van der Waals surface area contributed by atoms with Crippen molar-refractivity contribution < 1.29 is 24.5 Å². The van der Waals surface area contributed by atoms with E-state index in [-0.39, 0.29) is 5.56 Å². The molecule has 0 saturated heterocycles. The largest absolute Gasteiger partial charge is 0.394 e. The van der Waals surface area contributed by atoms with E-state index in [0.29, 0.717) is 4.47 Å². The molecule has 0 aliphatic rings. The van der Waals surface area contributed by atoms with Crippen LogP contribution in [-0.4, -0.2) is 46.6 Å². The Kier molecular flexibility index (Phi) is 6.28. The zero-order valence-electron chi connectivity index (χ0n) is 10.5. The Balaban J connectivity index is 2.80. The lowest BCUT2D eigenvalue weighted by molar-refractivity contribution is -0.120. The van der Waals surface area contributed by atoms with Gasteiger partial charge < -0.3 is 20.6 Å². The van der Waals surface area contributed by atoms with E-state index in [2.05, 4.69) is 21.2 Å². The number of nitrogens with one attached hydrogen (secondary N) is 1. The van der Waals surface area contributed by atoms with Crippen LogP contribution in [0.2, 0.25) is 0 Å². The van der Waals surface area contributed by atoms with Crippen LogP contribution in [0.25, 0.3) is 6.08 Å². The van der Waals surface area contributed by atoms with E-state index in [4.69, 9.17) is 15.3 Å². The van der Waals surface area contributed by atoms with Crippen LogP contribution in [0.5, 0.6) is 0 Å². The molecule has 0 aliphatic carbocycles. The van der Waals surface area contributed by atoms with E-state index in [1.54, 1.807) is 0 Å². The first-order chi connectivity index (χ1) is 9.46. The maximum absolute atomic E-state index is 13.4. The summed E-state index contributed by atoms with van der Waals surface area (Å²) in [7, 11) is 0. The highest BCUT2D eigenvalue weighted by Crippen LogP contribution is 2.16. The molecule has 20 heavy (non-hydrogen) atoms.